The molecule has 7 nitrogen and oxygen atoms in total. The summed E-state index contributed by atoms with van der Waals surface area (Å²) >= 11 is 0. The van der Waals surface area contributed by atoms with Gasteiger partial charge in [-0.15, -0.1) is 0 Å². The maximum atomic E-state index is 12.0. The van der Waals surface area contributed by atoms with E-state index in [1.165, 1.54) is 14.1 Å². The van der Waals surface area contributed by atoms with Crippen LogP contribution in [0, 0.1) is 0 Å². The molecule has 17 heavy (non-hydrogen) atoms. The molecular weight excluding hydrogens is 224 g/mol. The van der Waals surface area contributed by atoms with Crippen molar-refractivity contribution in [1.29, 1.82) is 0 Å². The van der Waals surface area contributed by atoms with Crippen molar-refractivity contribution >= 4 is 6.03 Å². The van der Waals surface area contributed by atoms with Crippen molar-refractivity contribution in [3.8, 4) is 0 Å². The van der Waals surface area contributed by atoms with E-state index in [-0.39, 0.29) is 5.69 Å². The van der Waals surface area contributed by atoms with Crippen molar-refractivity contribution < 1.29 is 4.79 Å². The van der Waals surface area contributed by atoms with Gasteiger partial charge in [-0.05, 0) is 0 Å². The molecule has 0 atom stereocenters. The van der Waals surface area contributed by atoms with E-state index in [0.29, 0.717) is 4.57 Å². The zero-order chi connectivity index (χ0) is 13.4. The van der Waals surface area contributed by atoms with E-state index in [4.69, 9.17) is 0 Å². The van der Waals surface area contributed by atoms with Crippen LogP contribution in [-0.4, -0.2) is 39.8 Å². The molecule has 0 fully saturated rings. The third kappa shape index (κ3) is 2.43. The van der Waals surface area contributed by atoms with Crippen LogP contribution in [-0.2, 0) is 5.41 Å². The summed E-state index contributed by atoms with van der Waals surface area (Å²) in [5, 5.41) is 5.87. The third-order valence-electron chi connectivity index (χ3n) is 2.16. The second kappa shape index (κ2) is 4.15. The molecule has 0 aliphatic carbocycles. The quantitative estimate of drug-likeness (QED) is 0.677. The highest BCUT2D eigenvalue weighted by atomic mass is 16.2. The molecule has 0 unspecified atom stereocenters. The summed E-state index contributed by atoms with van der Waals surface area (Å²) in [5.74, 6) is 0. The fraction of sp³-hybridized carbons (Fsp3) is 0.600. The Morgan fingerprint density at radius 3 is 2.24 bits per heavy atom. The molecule has 0 aromatic carbocycles. The molecule has 1 heterocycles. The average Bonchev–Trinajstić information content (AvgIpc) is 2.14. The number of nitrogens with one attached hydrogen (secondary N) is 1. The standard InChI is InChI=1S/C10H16N4O3/c1-10(2,3)6-7(15)14(8(16)12-11-6)9(17)13(4)5/h1-5H3,(H,12,16). The summed E-state index contributed by atoms with van der Waals surface area (Å²) < 4.78 is 0.549. The number of aromatic amines is 1. The average molecular weight is 240 g/mol. The lowest BCUT2D eigenvalue weighted by Gasteiger charge is -2.17. The second-order valence-electron chi connectivity index (χ2n) is 4.94. The minimum Gasteiger partial charge on any atom is -0.330 e. The van der Waals surface area contributed by atoms with Crippen LogP contribution in [0.3, 0.4) is 0 Å². The van der Waals surface area contributed by atoms with E-state index in [0.717, 1.165) is 4.90 Å². The summed E-state index contributed by atoms with van der Waals surface area (Å²) in [6.07, 6.45) is 0. The Kier molecular flexibility index (Phi) is 3.21. The van der Waals surface area contributed by atoms with Crippen LogP contribution in [0.4, 0.5) is 4.79 Å². The first kappa shape index (κ1) is 13.1. The summed E-state index contributed by atoms with van der Waals surface area (Å²) in [7, 11) is 2.93. The summed E-state index contributed by atoms with van der Waals surface area (Å²) in [5.41, 5.74) is -1.91. The summed E-state index contributed by atoms with van der Waals surface area (Å²) in [6.45, 7) is 5.33. The molecule has 0 bridgehead atoms. The fourth-order valence-corrected chi connectivity index (χ4v) is 1.26. The van der Waals surface area contributed by atoms with Crippen LogP contribution in [0.5, 0.6) is 0 Å². The van der Waals surface area contributed by atoms with E-state index in [9.17, 15) is 14.4 Å². The molecule has 94 valence electrons. The molecule has 0 saturated carbocycles. The first-order valence-corrected chi connectivity index (χ1v) is 5.10. The highest BCUT2D eigenvalue weighted by molar-refractivity contribution is 5.75. The zero-order valence-electron chi connectivity index (χ0n) is 10.6. The monoisotopic (exact) mass is 240 g/mol. The Bertz CT molecular complexity index is 548. The zero-order valence-corrected chi connectivity index (χ0v) is 10.6. The minimum atomic E-state index is -0.832. The largest absolute Gasteiger partial charge is 0.353 e. The van der Waals surface area contributed by atoms with Crippen LogP contribution in [0.1, 0.15) is 26.5 Å². The molecule has 1 aromatic rings. The van der Waals surface area contributed by atoms with Gasteiger partial charge in [-0.3, -0.25) is 4.79 Å². The van der Waals surface area contributed by atoms with E-state index in [1.54, 1.807) is 20.8 Å². The lowest BCUT2D eigenvalue weighted by Crippen LogP contribution is -2.48. The SMILES string of the molecule is CN(C)C(=O)n1c(=O)[nH]nc(C(C)(C)C)c1=O. The van der Waals surface area contributed by atoms with Gasteiger partial charge in [-0.25, -0.2) is 14.7 Å². The number of aromatic nitrogens is 3. The molecule has 0 saturated heterocycles. The Labute approximate surface area is 98.1 Å². The summed E-state index contributed by atoms with van der Waals surface area (Å²) in [4.78, 5) is 36.3. The lowest BCUT2D eigenvalue weighted by molar-refractivity contribution is 0.216. The topological polar surface area (TPSA) is 88.1 Å². The van der Waals surface area contributed by atoms with E-state index < -0.39 is 22.7 Å². The number of H-pyrrole nitrogens is 1. The van der Waals surface area contributed by atoms with Crippen molar-refractivity contribution in [2.45, 2.75) is 26.2 Å². The molecule has 7 heteroatoms. The Hall–Kier alpha value is -1.92. The first-order chi connectivity index (χ1) is 7.66. The molecule has 1 amide bonds. The smallest absolute Gasteiger partial charge is 0.330 e. The van der Waals surface area contributed by atoms with Gasteiger partial charge < -0.3 is 4.90 Å². The van der Waals surface area contributed by atoms with Crippen molar-refractivity contribution in [1.82, 2.24) is 19.7 Å². The minimum absolute atomic E-state index is 0.146. The van der Waals surface area contributed by atoms with E-state index in [1.807, 2.05) is 0 Å². The van der Waals surface area contributed by atoms with Gasteiger partial charge in [0, 0.05) is 19.5 Å². The number of nitrogens with zero attached hydrogens (tertiary/aromatic N) is 3. The maximum absolute atomic E-state index is 12.0. The van der Waals surface area contributed by atoms with Crippen LogP contribution in [0.2, 0.25) is 0 Å². The fourth-order valence-electron chi connectivity index (χ4n) is 1.26. The van der Waals surface area contributed by atoms with Crippen molar-refractivity contribution in [2.24, 2.45) is 0 Å². The number of rotatable bonds is 0. The predicted octanol–water partition coefficient (Wildman–Crippen LogP) is -0.241. The Morgan fingerprint density at radius 1 is 1.29 bits per heavy atom. The van der Waals surface area contributed by atoms with Crippen LogP contribution in [0.15, 0.2) is 9.59 Å². The van der Waals surface area contributed by atoms with Gasteiger partial charge in [0.25, 0.3) is 5.56 Å². The molecule has 1 rings (SSSR count). The van der Waals surface area contributed by atoms with Gasteiger partial charge in [0.1, 0.15) is 5.69 Å². The Balaban J connectivity index is 3.58. The van der Waals surface area contributed by atoms with Crippen molar-refractivity contribution in [3.05, 3.63) is 26.5 Å². The lowest BCUT2D eigenvalue weighted by atomic mass is 9.93. The van der Waals surface area contributed by atoms with Gasteiger partial charge in [0.2, 0.25) is 0 Å². The maximum Gasteiger partial charge on any atom is 0.353 e. The molecule has 0 radical (unpaired) electrons. The van der Waals surface area contributed by atoms with Crippen LogP contribution in [0.25, 0.3) is 0 Å². The molecule has 0 aliphatic rings. The molecule has 1 aromatic heterocycles. The number of hydrogen-bond acceptors (Lipinski definition) is 4. The van der Waals surface area contributed by atoms with Gasteiger partial charge >= 0.3 is 11.7 Å². The predicted molar refractivity (Wildman–Crippen MR) is 62.3 cm³/mol. The van der Waals surface area contributed by atoms with Crippen molar-refractivity contribution in [3.63, 3.8) is 0 Å². The van der Waals surface area contributed by atoms with Gasteiger partial charge in [-0.2, -0.15) is 9.67 Å². The number of carbonyl (C=O) groups excluding carboxylic acids is 1. The Morgan fingerprint density at radius 2 is 1.82 bits per heavy atom. The molecule has 1 N–H and O–H groups in total. The molecular formula is C10H16N4O3. The highest BCUT2D eigenvalue weighted by Gasteiger charge is 2.24. The number of amides is 1. The number of hydrogen-bond donors (Lipinski definition) is 1. The normalized spacial score (nSPS) is 11.4. The van der Waals surface area contributed by atoms with E-state index >= 15 is 0 Å². The highest BCUT2D eigenvalue weighted by Crippen LogP contribution is 2.14. The van der Waals surface area contributed by atoms with Crippen LogP contribution < -0.4 is 11.2 Å². The van der Waals surface area contributed by atoms with Gasteiger partial charge in [-0.1, -0.05) is 20.8 Å². The second-order valence-corrected chi connectivity index (χ2v) is 4.94. The number of carbonyl (C=O) groups is 1. The van der Waals surface area contributed by atoms with Crippen molar-refractivity contribution in [2.75, 3.05) is 14.1 Å². The van der Waals surface area contributed by atoms with Gasteiger partial charge in [0.15, 0.2) is 0 Å². The first-order valence-electron chi connectivity index (χ1n) is 5.10. The van der Waals surface area contributed by atoms with Crippen LogP contribution >= 0.6 is 0 Å². The molecule has 0 spiro atoms. The third-order valence-corrected chi connectivity index (χ3v) is 2.16. The molecule has 0 aliphatic heterocycles. The van der Waals surface area contributed by atoms with Gasteiger partial charge in [0.05, 0.1) is 0 Å². The summed E-state index contributed by atoms with van der Waals surface area (Å²) in [6, 6.07) is -0.691. The van der Waals surface area contributed by atoms with E-state index in [2.05, 4.69) is 10.2 Å².